The van der Waals surface area contributed by atoms with Crippen molar-refractivity contribution in [3.8, 4) is 0 Å². The van der Waals surface area contributed by atoms with Crippen LogP contribution in [0.3, 0.4) is 0 Å². The lowest BCUT2D eigenvalue weighted by molar-refractivity contribution is -0.130. The summed E-state index contributed by atoms with van der Waals surface area (Å²) < 4.78 is 11.2. The van der Waals surface area contributed by atoms with Gasteiger partial charge in [0, 0.05) is 14.0 Å². The summed E-state index contributed by atoms with van der Waals surface area (Å²) in [7, 11) is 1.66. The molecule has 0 aliphatic carbocycles. The van der Waals surface area contributed by atoms with Gasteiger partial charge in [0.05, 0.1) is 18.5 Å². The van der Waals surface area contributed by atoms with Gasteiger partial charge in [0.25, 0.3) is 0 Å². The van der Waals surface area contributed by atoms with E-state index in [1.165, 1.54) is 17.0 Å². The van der Waals surface area contributed by atoms with Crippen molar-refractivity contribution >= 4 is 23.9 Å². The first-order chi connectivity index (χ1) is 9.02. The average molecular weight is 263 g/mol. The van der Waals surface area contributed by atoms with E-state index in [0.717, 1.165) is 0 Å². The van der Waals surface area contributed by atoms with Crippen LogP contribution < -0.4 is 0 Å². The second-order valence-corrected chi connectivity index (χ2v) is 3.84. The topological polar surface area (TPSA) is 82.8 Å². The number of ether oxygens (including phenoxy) is 2. The average Bonchev–Trinajstić information content (AvgIpc) is 2.85. The molecule has 2 rings (SSSR count). The van der Waals surface area contributed by atoms with Gasteiger partial charge in [-0.1, -0.05) is 0 Å². The van der Waals surface area contributed by atoms with Gasteiger partial charge in [-0.3, -0.25) is 4.68 Å². The number of cyclic esters (lactones) is 1. The monoisotopic (exact) mass is 263 g/mol. The molecule has 0 aromatic carbocycles. The lowest BCUT2D eigenvalue weighted by atomic mass is 10.2. The fourth-order valence-corrected chi connectivity index (χ4v) is 1.63. The highest BCUT2D eigenvalue weighted by molar-refractivity contribution is 6.07. The normalized spacial score (nSPS) is 16.5. The van der Waals surface area contributed by atoms with Gasteiger partial charge in [-0.2, -0.15) is 5.10 Å². The number of rotatable bonds is 3. The zero-order valence-corrected chi connectivity index (χ0v) is 10.8. The van der Waals surface area contributed by atoms with Crippen molar-refractivity contribution in [2.75, 3.05) is 6.61 Å². The second kappa shape index (κ2) is 5.05. The minimum Gasteiger partial charge on any atom is -0.462 e. The molecule has 0 radical (unpaired) electrons. The van der Waals surface area contributed by atoms with Crippen LogP contribution in [0.4, 0.5) is 0 Å². The second-order valence-electron chi connectivity index (χ2n) is 3.84. The van der Waals surface area contributed by atoms with Crippen molar-refractivity contribution in [3.05, 3.63) is 23.2 Å². The first kappa shape index (κ1) is 13.0. The number of esters is 2. The van der Waals surface area contributed by atoms with Gasteiger partial charge in [0.15, 0.2) is 11.6 Å². The molecular formula is C12H13N3O4. The smallest absolute Gasteiger partial charge is 0.363 e. The third-order valence-electron chi connectivity index (χ3n) is 2.48. The van der Waals surface area contributed by atoms with E-state index in [0.29, 0.717) is 5.69 Å². The fraction of sp³-hybridized carbons (Fsp3) is 0.333. The summed E-state index contributed by atoms with van der Waals surface area (Å²) >= 11 is 0. The van der Waals surface area contributed by atoms with Crippen LogP contribution in [0.2, 0.25) is 0 Å². The predicted octanol–water partition coefficient (Wildman–Crippen LogP) is 0.913. The molecule has 7 nitrogen and oxygen atoms in total. The largest absolute Gasteiger partial charge is 0.462 e. The molecule has 0 fully saturated rings. The first-order valence-electron chi connectivity index (χ1n) is 5.71. The molecule has 19 heavy (non-hydrogen) atoms. The molecule has 1 aliphatic heterocycles. The third-order valence-corrected chi connectivity index (χ3v) is 2.48. The molecule has 1 aromatic heterocycles. The van der Waals surface area contributed by atoms with E-state index in [4.69, 9.17) is 9.47 Å². The molecule has 1 aromatic rings. The van der Waals surface area contributed by atoms with Crippen LogP contribution in [0.5, 0.6) is 0 Å². The van der Waals surface area contributed by atoms with Crippen molar-refractivity contribution < 1.29 is 19.1 Å². The summed E-state index contributed by atoms with van der Waals surface area (Å²) in [5.41, 5.74) is 0.861. The Kier molecular flexibility index (Phi) is 3.46. The number of hydrogen-bond acceptors (Lipinski definition) is 6. The number of aliphatic imine (C=N–C) groups is 1. The first-order valence-corrected chi connectivity index (χ1v) is 5.71. The Morgan fingerprint density at radius 3 is 2.89 bits per heavy atom. The van der Waals surface area contributed by atoms with E-state index in [2.05, 4.69) is 10.1 Å². The van der Waals surface area contributed by atoms with E-state index in [1.54, 1.807) is 20.9 Å². The molecule has 0 spiro atoms. The molecule has 0 amide bonds. The summed E-state index contributed by atoms with van der Waals surface area (Å²) in [5, 5.41) is 3.98. The van der Waals surface area contributed by atoms with Crippen molar-refractivity contribution in [2.45, 2.75) is 13.8 Å². The number of aryl methyl sites for hydroxylation is 1. The maximum Gasteiger partial charge on any atom is 0.363 e. The van der Waals surface area contributed by atoms with Gasteiger partial charge in [0.2, 0.25) is 0 Å². The van der Waals surface area contributed by atoms with E-state index in [-0.39, 0.29) is 23.8 Å². The number of hydrogen-bond donors (Lipinski definition) is 0. The van der Waals surface area contributed by atoms with Crippen LogP contribution in [0, 0.1) is 0 Å². The Bertz CT molecular complexity index is 598. The summed E-state index contributed by atoms with van der Waals surface area (Å²) in [6.07, 6.45) is 2.85. The van der Waals surface area contributed by atoms with Crippen molar-refractivity contribution in [1.29, 1.82) is 0 Å². The van der Waals surface area contributed by atoms with E-state index in [9.17, 15) is 9.59 Å². The minimum atomic E-state index is -0.548. The van der Waals surface area contributed by atoms with Gasteiger partial charge in [0.1, 0.15) is 5.56 Å². The lowest BCUT2D eigenvalue weighted by Crippen LogP contribution is -2.07. The standard InChI is InChI=1S/C12H13N3O4/c1-4-18-11(16)8-6-13-15(3)10(8)5-9-12(17)19-7(2)14-9/h5-6H,4H2,1-3H3. The summed E-state index contributed by atoms with van der Waals surface area (Å²) in [5.74, 6) is -0.765. The van der Waals surface area contributed by atoms with Crippen LogP contribution in [0.1, 0.15) is 29.9 Å². The molecule has 0 atom stereocenters. The van der Waals surface area contributed by atoms with Crippen molar-refractivity contribution in [3.63, 3.8) is 0 Å². The van der Waals surface area contributed by atoms with E-state index < -0.39 is 11.9 Å². The van der Waals surface area contributed by atoms with Gasteiger partial charge >= 0.3 is 11.9 Å². The number of aromatic nitrogens is 2. The Morgan fingerprint density at radius 2 is 2.32 bits per heavy atom. The van der Waals surface area contributed by atoms with Crippen LogP contribution in [-0.4, -0.2) is 34.2 Å². The lowest BCUT2D eigenvalue weighted by Gasteiger charge is -2.01. The maximum atomic E-state index is 11.7. The van der Waals surface area contributed by atoms with Gasteiger partial charge in [-0.25, -0.2) is 14.6 Å². The van der Waals surface area contributed by atoms with E-state index >= 15 is 0 Å². The number of carbonyl (C=O) groups is 2. The Labute approximate surface area is 109 Å². The third kappa shape index (κ3) is 2.54. The molecule has 100 valence electrons. The van der Waals surface area contributed by atoms with Gasteiger partial charge < -0.3 is 9.47 Å². The Morgan fingerprint density at radius 1 is 1.58 bits per heavy atom. The SMILES string of the molecule is CCOC(=O)c1cnn(C)c1C=C1N=C(C)OC1=O. The molecule has 0 N–H and O–H groups in total. The van der Waals surface area contributed by atoms with Crippen molar-refractivity contribution in [2.24, 2.45) is 12.0 Å². The van der Waals surface area contributed by atoms with Gasteiger partial charge in [-0.05, 0) is 13.0 Å². The van der Waals surface area contributed by atoms with Crippen LogP contribution in [-0.2, 0) is 21.3 Å². The minimum absolute atomic E-state index is 0.131. The Hall–Kier alpha value is -2.44. The highest BCUT2D eigenvalue weighted by atomic mass is 16.6. The summed E-state index contributed by atoms with van der Waals surface area (Å²) in [6, 6.07) is 0. The van der Waals surface area contributed by atoms with E-state index in [1.807, 2.05) is 0 Å². The van der Waals surface area contributed by atoms with Crippen LogP contribution >= 0.6 is 0 Å². The fourth-order valence-electron chi connectivity index (χ4n) is 1.63. The van der Waals surface area contributed by atoms with Crippen LogP contribution in [0.15, 0.2) is 16.9 Å². The molecule has 0 unspecified atom stereocenters. The van der Waals surface area contributed by atoms with Crippen molar-refractivity contribution in [1.82, 2.24) is 9.78 Å². The number of nitrogens with zero attached hydrogens (tertiary/aromatic N) is 3. The zero-order valence-electron chi connectivity index (χ0n) is 10.8. The maximum absolute atomic E-state index is 11.7. The van der Waals surface area contributed by atoms with Gasteiger partial charge in [-0.15, -0.1) is 0 Å². The number of carbonyl (C=O) groups excluding carboxylic acids is 2. The molecule has 0 saturated carbocycles. The molecule has 0 saturated heterocycles. The highest BCUT2D eigenvalue weighted by Crippen LogP contribution is 2.18. The predicted molar refractivity (Wildman–Crippen MR) is 66.3 cm³/mol. The molecule has 1 aliphatic rings. The quantitative estimate of drug-likeness (QED) is 0.598. The molecule has 0 bridgehead atoms. The highest BCUT2D eigenvalue weighted by Gasteiger charge is 2.23. The molecule has 7 heteroatoms. The summed E-state index contributed by atoms with van der Waals surface area (Å²) in [4.78, 5) is 27.2. The molecular weight excluding hydrogens is 250 g/mol. The Balaban J connectivity index is 2.40. The molecule has 2 heterocycles. The summed E-state index contributed by atoms with van der Waals surface area (Å²) in [6.45, 7) is 3.56. The van der Waals surface area contributed by atoms with Crippen LogP contribution in [0.25, 0.3) is 6.08 Å². The zero-order chi connectivity index (χ0) is 14.0.